The van der Waals surface area contributed by atoms with Gasteiger partial charge in [0.25, 0.3) is 0 Å². The van der Waals surface area contributed by atoms with Crippen LogP contribution in [0, 0.1) is 23.7 Å². The van der Waals surface area contributed by atoms with Crippen molar-refractivity contribution in [2.75, 3.05) is 33.9 Å². The number of carbonyl (C=O) groups excluding carboxylic acids is 1. The number of nitrogens with zero attached hydrogens (tertiary/aromatic N) is 1. The van der Waals surface area contributed by atoms with E-state index in [1.807, 2.05) is 0 Å². The first kappa shape index (κ1) is 22.4. The average molecular weight is 431 g/mol. The summed E-state index contributed by atoms with van der Waals surface area (Å²) in [5.41, 5.74) is 2.61. The molecule has 172 valence electrons. The van der Waals surface area contributed by atoms with E-state index in [1.165, 1.54) is 11.1 Å². The molecular weight excluding hydrogens is 392 g/mol. The SMILES string of the molecule is COc1cc2c(cc1OC)C1C3CN[C@@H](C(C)C)C(=O)O[C@H]3[C@H](CC(C)C)CN1CC2. The molecule has 2 unspecified atom stereocenters. The van der Waals surface area contributed by atoms with Crippen LogP contribution in [0.2, 0.25) is 0 Å². The van der Waals surface area contributed by atoms with Crippen LogP contribution in [0.4, 0.5) is 0 Å². The maximum Gasteiger partial charge on any atom is 0.323 e. The maximum atomic E-state index is 13.0. The second-order valence-corrected chi connectivity index (χ2v) is 10.2. The zero-order valence-corrected chi connectivity index (χ0v) is 19.8. The Bertz CT molecular complexity index is 809. The summed E-state index contributed by atoms with van der Waals surface area (Å²) < 4.78 is 17.5. The van der Waals surface area contributed by atoms with Gasteiger partial charge < -0.3 is 19.5 Å². The summed E-state index contributed by atoms with van der Waals surface area (Å²) in [6, 6.07) is 4.25. The fourth-order valence-electron chi connectivity index (χ4n) is 5.96. The summed E-state index contributed by atoms with van der Waals surface area (Å²) in [6.45, 7) is 11.5. The number of methoxy groups -OCH3 is 2. The Balaban J connectivity index is 1.75. The van der Waals surface area contributed by atoms with Crippen molar-refractivity contribution in [2.24, 2.45) is 23.7 Å². The molecule has 3 heterocycles. The highest BCUT2D eigenvalue weighted by atomic mass is 16.5. The van der Waals surface area contributed by atoms with E-state index in [4.69, 9.17) is 14.2 Å². The molecule has 0 bridgehead atoms. The fourth-order valence-corrected chi connectivity index (χ4v) is 5.96. The number of rotatable bonds is 5. The molecule has 1 aromatic carbocycles. The summed E-state index contributed by atoms with van der Waals surface area (Å²) in [7, 11) is 3.38. The summed E-state index contributed by atoms with van der Waals surface area (Å²) in [5, 5.41) is 3.56. The molecule has 0 spiro atoms. The van der Waals surface area contributed by atoms with Gasteiger partial charge in [-0.15, -0.1) is 0 Å². The van der Waals surface area contributed by atoms with Gasteiger partial charge in [-0.05, 0) is 47.9 Å². The normalized spacial score (nSPS) is 30.8. The minimum absolute atomic E-state index is 0.0635. The monoisotopic (exact) mass is 430 g/mol. The van der Waals surface area contributed by atoms with Crippen LogP contribution in [-0.2, 0) is 16.0 Å². The number of fused-ring (bicyclic) bond motifs is 5. The lowest BCUT2D eigenvalue weighted by atomic mass is 9.72. The second-order valence-electron chi connectivity index (χ2n) is 10.2. The minimum atomic E-state index is -0.243. The Labute approximate surface area is 186 Å². The van der Waals surface area contributed by atoms with E-state index in [-0.39, 0.29) is 36.0 Å². The quantitative estimate of drug-likeness (QED) is 0.722. The lowest BCUT2D eigenvalue weighted by molar-refractivity contribution is -0.163. The molecule has 31 heavy (non-hydrogen) atoms. The molecule has 5 atom stereocenters. The van der Waals surface area contributed by atoms with Crippen LogP contribution in [0.1, 0.15) is 51.3 Å². The van der Waals surface area contributed by atoms with Gasteiger partial charge in [-0.2, -0.15) is 0 Å². The standard InChI is InChI=1S/C25H38N2O4/c1-14(2)9-17-13-27-8-7-16-10-20(29-5)21(30-6)11-18(16)23(27)19-12-26-22(15(3)4)25(28)31-24(17)19/h10-11,14-15,17,19,22-24,26H,7-9,12-13H2,1-6H3/t17-,19?,22+,23?,24+/m1/s1. The van der Waals surface area contributed by atoms with Crippen molar-refractivity contribution >= 4 is 5.97 Å². The number of ether oxygens (including phenoxy) is 3. The Morgan fingerprint density at radius 2 is 1.87 bits per heavy atom. The van der Waals surface area contributed by atoms with Gasteiger partial charge in [0.15, 0.2) is 11.5 Å². The predicted molar refractivity (Wildman–Crippen MR) is 121 cm³/mol. The van der Waals surface area contributed by atoms with Crippen molar-refractivity contribution < 1.29 is 19.0 Å². The Morgan fingerprint density at radius 1 is 1.16 bits per heavy atom. The first-order valence-electron chi connectivity index (χ1n) is 11.8. The number of carbonyl (C=O) groups is 1. The van der Waals surface area contributed by atoms with Gasteiger partial charge in [0.1, 0.15) is 12.1 Å². The zero-order chi connectivity index (χ0) is 22.3. The van der Waals surface area contributed by atoms with E-state index >= 15 is 0 Å². The molecule has 2 saturated heterocycles. The number of hydrogen-bond acceptors (Lipinski definition) is 6. The lowest BCUT2D eigenvalue weighted by Gasteiger charge is -2.51. The van der Waals surface area contributed by atoms with E-state index in [2.05, 4.69) is 50.0 Å². The summed E-state index contributed by atoms with van der Waals surface area (Å²) in [6.07, 6.45) is 2.01. The van der Waals surface area contributed by atoms with Gasteiger partial charge in [0, 0.05) is 37.5 Å². The molecular formula is C25H38N2O4. The zero-order valence-electron chi connectivity index (χ0n) is 19.8. The van der Waals surface area contributed by atoms with Gasteiger partial charge >= 0.3 is 5.97 Å². The molecule has 3 aliphatic rings. The Hall–Kier alpha value is -1.79. The Morgan fingerprint density at radius 3 is 2.52 bits per heavy atom. The van der Waals surface area contributed by atoms with Crippen molar-refractivity contribution in [3.8, 4) is 11.5 Å². The molecule has 1 N–H and O–H groups in total. The number of hydrogen-bond donors (Lipinski definition) is 1. The number of esters is 1. The minimum Gasteiger partial charge on any atom is -0.493 e. The highest BCUT2D eigenvalue weighted by Gasteiger charge is 2.50. The molecule has 0 aliphatic carbocycles. The number of piperidine rings is 1. The van der Waals surface area contributed by atoms with Crippen LogP contribution < -0.4 is 14.8 Å². The van der Waals surface area contributed by atoms with E-state index < -0.39 is 0 Å². The topological polar surface area (TPSA) is 60.0 Å². The number of nitrogens with one attached hydrogen (secondary N) is 1. The lowest BCUT2D eigenvalue weighted by Crippen LogP contribution is -2.56. The third-order valence-electron chi connectivity index (χ3n) is 7.31. The molecule has 6 heteroatoms. The van der Waals surface area contributed by atoms with Crippen molar-refractivity contribution in [1.29, 1.82) is 0 Å². The molecule has 2 fully saturated rings. The molecule has 6 nitrogen and oxygen atoms in total. The first-order valence-corrected chi connectivity index (χ1v) is 11.8. The molecule has 0 amide bonds. The Kier molecular flexibility index (Phi) is 6.50. The molecule has 1 aromatic rings. The van der Waals surface area contributed by atoms with Gasteiger partial charge in [0.05, 0.1) is 14.2 Å². The van der Waals surface area contributed by atoms with Crippen LogP contribution >= 0.6 is 0 Å². The molecule has 0 aromatic heterocycles. The van der Waals surface area contributed by atoms with Crippen molar-refractivity contribution in [1.82, 2.24) is 10.2 Å². The van der Waals surface area contributed by atoms with Crippen molar-refractivity contribution in [3.05, 3.63) is 23.3 Å². The molecule has 4 rings (SSSR count). The fraction of sp³-hybridized carbons (Fsp3) is 0.720. The van der Waals surface area contributed by atoms with Crippen molar-refractivity contribution in [3.63, 3.8) is 0 Å². The number of benzene rings is 1. The first-order chi connectivity index (χ1) is 14.8. The smallest absolute Gasteiger partial charge is 0.323 e. The second kappa shape index (κ2) is 8.99. The van der Waals surface area contributed by atoms with E-state index in [1.54, 1.807) is 14.2 Å². The summed E-state index contributed by atoms with van der Waals surface area (Å²) >= 11 is 0. The van der Waals surface area contributed by atoms with Gasteiger partial charge in [-0.25, -0.2) is 0 Å². The van der Waals surface area contributed by atoms with E-state index in [0.29, 0.717) is 11.8 Å². The molecule has 3 aliphatic heterocycles. The van der Waals surface area contributed by atoms with Crippen LogP contribution in [0.15, 0.2) is 12.1 Å². The van der Waals surface area contributed by atoms with Crippen LogP contribution in [0.25, 0.3) is 0 Å². The third-order valence-corrected chi connectivity index (χ3v) is 7.31. The molecule has 0 radical (unpaired) electrons. The molecule has 0 saturated carbocycles. The van der Waals surface area contributed by atoms with Crippen LogP contribution in [0.5, 0.6) is 11.5 Å². The van der Waals surface area contributed by atoms with Gasteiger partial charge in [-0.3, -0.25) is 9.69 Å². The predicted octanol–water partition coefficient (Wildman–Crippen LogP) is 3.43. The van der Waals surface area contributed by atoms with E-state index in [0.717, 1.165) is 44.0 Å². The largest absolute Gasteiger partial charge is 0.493 e. The van der Waals surface area contributed by atoms with Crippen molar-refractivity contribution in [2.45, 2.75) is 58.7 Å². The van der Waals surface area contributed by atoms with Gasteiger partial charge in [-0.1, -0.05) is 27.7 Å². The summed E-state index contributed by atoms with van der Waals surface area (Å²) in [4.78, 5) is 15.6. The average Bonchev–Trinajstić information content (AvgIpc) is 2.91. The van der Waals surface area contributed by atoms with Gasteiger partial charge in [0.2, 0.25) is 0 Å². The maximum absolute atomic E-state index is 13.0. The summed E-state index contributed by atoms with van der Waals surface area (Å²) in [5.74, 6) is 2.80. The third kappa shape index (κ3) is 4.17. The van der Waals surface area contributed by atoms with E-state index in [9.17, 15) is 4.79 Å². The highest BCUT2D eigenvalue weighted by molar-refractivity contribution is 5.76. The highest BCUT2D eigenvalue weighted by Crippen LogP contribution is 2.47. The van der Waals surface area contributed by atoms with Crippen LogP contribution in [0.3, 0.4) is 0 Å². The van der Waals surface area contributed by atoms with Crippen LogP contribution in [-0.4, -0.2) is 56.9 Å².